The van der Waals surface area contributed by atoms with E-state index in [4.69, 9.17) is 23.2 Å². The van der Waals surface area contributed by atoms with Crippen LogP contribution in [0.5, 0.6) is 0 Å². The Labute approximate surface area is 214 Å². The molecular formula is C24H22BrCl2N5O2. The molecule has 5 atom stereocenters. The molecule has 2 aliphatic rings. The predicted molar refractivity (Wildman–Crippen MR) is 135 cm³/mol. The molecule has 0 bridgehead atoms. The van der Waals surface area contributed by atoms with Crippen LogP contribution in [0.25, 0.3) is 21.9 Å². The third kappa shape index (κ3) is 3.63. The van der Waals surface area contributed by atoms with Gasteiger partial charge in [-0.05, 0) is 59.0 Å². The van der Waals surface area contributed by atoms with E-state index < -0.39 is 17.6 Å². The highest BCUT2D eigenvalue weighted by Gasteiger charge is 2.56. The van der Waals surface area contributed by atoms with Crippen molar-refractivity contribution in [2.75, 3.05) is 6.54 Å². The average molecular weight is 563 g/mol. The van der Waals surface area contributed by atoms with Crippen LogP contribution in [-0.4, -0.2) is 54.5 Å². The standard InChI is InChI=1S/C24H22BrCl2N5O2/c25-16-7-13-2-1-12(6-17(13)31-22(16)27)5-14-8-24(10-28-14)9-18(19(33)20(24)34)32-4-3-15-21(26)29-11-30-23(15)32/h1-4,6-7,11,14,18-20,28,33-34H,5,8-10H2/t14-,18-,19+,20+,24+/m1/s1. The highest BCUT2D eigenvalue weighted by molar-refractivity contribution is 9.10. The second-order valence-corrected chi connectivity index (χ2v) is 11.0. The number of aliphatic hydroxyl groups is 2. The lowest BCUT2D eigenvalue weighted by Crippen LogP contribution is -2.38. The minimum absolute atomic E-state index is 0.183. The number of halogens is 3. The van der Waals surface area contributed by atoms with Crippen LogP contribution in [0, 0.1) is 5.41 Å². The number of aromatic nitrogens is 4. The van der Waals surface area contributed by atoms with Gasteiger partial charge in [0.05, 0.1) is 27.5 Å². The molecule has 3 aromatic heterocycles. The molecule has 1 aromatic carbocycles. The van der Waals surface area contributed by atoms with E-state index >= 15 is 0 Å². The molecule has 2 fully saturated rings. The smallest absolute Gasteiger partial charge is 0.145 e. The molecule has 1 saturated carbocycles. The Morgan fingerprint density at radius 3 is 2.82 bits per heavy atom. The van der Waals surface area contributed by atoms with Crippen molar-refractivity contribution in [3.05, 3.63) is 63.2 Å². The monoisotopic (exact) mass is 561 g/mol. The Bertz CT molecular complexity index is 1420. The molecule has 1 spiro atoms. The van der Waals surface area contributed by atoms with Crippen LogP contribution in [0.2, 0.25) is 10.3 Å². The van der Waals surface area contributed by atoms with Gasteiger partial charge in [-0.25, -0.2) is 15.0 Å². The van der Waals surface area contributed by atoms with Gasteiger partial charge in [0.15, 0.2) is 0 Å². The van der Waals surface area contributed by atoms with E-state index in [0.29, 0.717) is 28.9 Å². The zero-order valence-electron chi connectivity index (χ0n) is 18.0. The molecule has 10 heteroatoms. The molecule has 1 saturated heterocycles. The Morgan fingerprint density at radius 1 is 1.12 bits per heavy atom. The van der Waals surface area contributed by atoms with Crippen LogP contribution in [0.4, 0.5) is 0 Å². The van der Waals surface area contributed by atoms with Crippen LogP contribution in [-0.2, 0) is 6.42 Å². The fourth-order valence-corrected chi connectivity index (χ4v) is 6.46. The summed E-state index contributed by atoms with van der Waals surface area (Å²) in [4.78, 5) is 12.9. The summed E-state index contributed by atoms with van der Waals surface area (Å²) in [5, 5.41) is 28.3. The van der Waals surface area contributed by atoms with E-state index in [2.05, 4.69) is 54.4 Å². The summed E-state index contributed by atoms with van der Waals surface area (Å²) < 4.78 is 2.71. The first kappa shape index (κ1) is 22.6. The summed E-state index contributed by atoms with van der Waals surface area (Å²) in [7, 11) is 0. The highest BCUT2D eigenvalue weighted by Crippen LogP contribution is 2.50. The van der Waals surface area contributed by atoms with Crippen molar-refractivity contribution < 1.29 is 10.2 Å². The fraction of sp³-hybridized carbons (Fsp3) is 0.375. The Hall–Kier alpha value is -1.81. The van der Waals surface area contributed by atoms with Gasteiger partial charge in [-0.3, -0.25) is 0 Å². The van der Waals surface area contributed by atoms with Crippen molar-refractivity contribution in [2.24, 2.45) is 5.41 Å². The number of nitrogens with zero attached hydrogens (tertiary/aromatic N) is 4. The topological polar surface area (TPSA) is 96.1 Å². The first-order valence-electron chi connectivity index (χ1n) is 11.2. The van der Waals surface area contributed by atoms with E-state index in [0.717, 1.165) is 39.2 Å². The van der Waals surface area contributed by atoms with E-state index in [9.17, 15) is 10.2 Å². The predicted octanol–water partition coefficient (Wildman–Crippen LogP) is 4.31. The van der Waals surface area contributed by atoms with Crippen molar-refractivity contribution in [1.82, 2.24) is 24.8 Å². The number of hydrogen-bond donors (Lipinski definition) is 3. The lowest BCUT2D eigenvalue weighted by Gasteiger charge is -2.27. The van der Waals surface area contributed by atoms with Gasteiger partial charge in [0.25, 0.3) is 0 Å². The SMILES string of the molecule is O[C@H]1[C@H](n2ccc3c(Cl)ncnc32)C[C@@]2(CN[C@H](Cc3ccc4cc(Br)c(Cl)nc4c3)C2)[C@H]1O. The van der Waals surface area contributed by atoms with Gasteiger partial charge in [0.1, 0.15) is 28.4 Å². The van der Waals surface area contributed by atoms with E-state index in [1.807, 2.05) is 22.9 Å². The maximum Gasteiger partial charge on any atom is 0.145 e. The van der Waals surface area contributed by atoms with E-state index in [-0.39, 0.29) is 12.1 Å². The molecule has 0 radical (unpaired) electrons. The average Bonchev–Trinajstić information content (AvgIpc) is 3.49. The van der Waals surface area contributed by atoms with E-state index in [1.54, 1.807) is 0 Å². The zero-order valence-corrected chi connectivity index (χ0v) is 21.1. The normalized spacial score (nSPS) is 29.1. The van der Waals surface area contributed by atoms with Gasteiger partial charge in [-0.1, -0.05) is 35.3 Å². The van der Waals surface area contributed by atoms with Crippen molar-refractivity contribution >= 4 is 61.1 Å². The Kier molecular flexibility index (Phi) is 5.59. The van der Waals surface area contributed by atoms with Gasteiger partial charge in [0, 0.05) is 29.6 Å². The fourth-order valence-electron chi connectivity index (χ4n) is 5.78. The van der Waals surface area contributed by atoms with Gasteiger partial charge in [-0.15, -0.1) is 0 Å². The number of nitrogens with one attached hydrogen (secondary N) is 1. The maximum atomic E-state index is 11.1. The molecule has 4 aromatic rings. The van der Waals surface area contributed by atoms with Gasteiger partial charge >= 0.3 is 0 Å². The molecule has 1 aliphatic carbocycles. The number of pyridine rings is 1. The largest absolute Gasteiger partial charge is 0.390 e. The number of aliphatic hydroxyl groups excluding tert-OH is 2. The lowest BCUT2D eigenvalue weighted by molar-refractivity contribution is -0.0217. The molecule has 34 heavy (non-hydrogen) atoms. The van der Waals surface area contributed by atoms with Crippen molar-refractivity contribution in [2.45, 2.75) is 43.6 Å². The highest BCUT2D eigenvalue weighted by atomic mass is 79.9. The summed E-state index contributed by atoms with van der Waals surface area (Å²) in [6.07, 6.45) is 3.78. The van der Waals surface area contributed by atoms with Crippen LogP contribution >= 0.6 is 39.1 Å². The first-order valence-corrected chi connectivity index (χ1v) is 12.7. The van der Waals surface area contributed by atoms with Gasteiger partial charge in [-0.2, -0.15) is 0 Å². The number of hydrogen-bond acceptors (Lipinski definition) is 6. The zero-order chi connectivity index (χ0) is 23.6. The summed E-state index contributed by atoms with van der Waals surface area (Å²) in [5.41, 5.74) is 2.27. The molecule has 4 heterocycles. The number of rotatable bonds is 3. The molecule has 176 valence electrons. The van der Waals surface area contributed by atoms with Gasteiger partial charge in [0.2, 0.25) is 0 Å². The minimum atomic E-state index is -0.893. The maximum absolute atomic E-state index is 11.1. The Balaban J connectivity index is 1.23. The summed E-state index contributed by atoms with van der Waals surface area (Å²) in [6, 6.07) is 9.95. The third-order valence-corrected chi connectivity index (χ3v) is 8.87. The summed E-state index contributed by atoms with van der Waals surface area (Å²) >= 11 is 15.8. The van der Waals surface area contributed by atoms with Crippen molar-refractivity contribution in [3.8, 4) is 0 Å². The van der Waals surface area contributed by atoms with Crippen molar-refractivity contribution in [1.29, 1.82) is 0 Å². The molecule has 0 unspecified atom stereocenters. The Morgan fingerprint density at radius 2 is 1.97 bits per heavy atom. The lowest BCUT2D eigenvalue weighted by atomic mass is 9.80. The van der Waals surface area contributed by atoms with Crippen LogP contribution < -0.4 is 5.32 Å². The molecule has 7 nitrogen and oxygen atoms in total. The summed E-state index contributed by atoms with van der Waals surface area (Å²) in [5.74, 6) is 0. The molecule has 0 amide bonds. The quantitative estimate of drug-likeness (QED) is 0.254. The second-order valence-electron chi connectivity index (χ2n) is 9.47. The molecule has 3 N–H and O–H groups in total. The van der Waals surface area contributed by atoms with Crippen LogP contribution in [0.3, 0.4) is 0 Å². The minimum Gasteiger partial charge on any atom is -0.390 e. The summed E-state index contributed by atoms with van der Waals surface area (Å²) in [6.45, 7) is 0.645. The van der Waals surface area contributed by atoms with E-state index in [1.165, 1.54) is 6.33 Å². The molecular weight excluding hydrogens is 541 g/mol. The number of benzene rings is 1. The van der Waals surface area contributed by atoms with Crippen molar-refractivity contribution in [3.63, 3.8) is 0 Å². The first-order chi connectivity index (χ1) is 16.3. The number of fused-ring (bicyclic) bond motifs is 2. The van der Waals surface area contributed by atoms with Crippen LogP contribution in [0.15, 0.2) is 47.3 Å². The van der Waals surface area contributed by atoms with Crippen LogP contribution in [0.1, 0.15) is 24.4 Å². The van der Waals surface area contributed by atoms with Gasteiger partial charge < -0.3 is 20.1 Å². The third-order valence-electron chi connectivity index (χ3n) is 7.45. The molecule has 1 aliphatic heterocycles. The second kappa shape index (κ2) is 8.40. The molecule has 6 rings (SSSR count).